The zero-order valence-corrected chi connectivity index (χ0v) is 16.1. The molecule has 0 unspecified atom stereocenters. The predicted molar refractivity (Wildman–Crippen MR) is 113 cm³/mol. The lowest BCUT2D eigenvalue weighted by Gasteiger charge is -2.11. The van der Waals surface area contributed by atoms with Crippen LogP contribution < -0.4 is 11.1 Å². The molecule has 1 amide bonds. The zero-order chi connectivity index (χ0) is 22.4. The number of nitrogens with one attached hydrogen (secondary N) is 1. The van der Waals surface area contributed by atoms with Gasteiger partial charge in [-0.3, -0.25) is 19.7 Å². The number of nitro groups is 1. The van der Waals surface area contributed by atoms with Crippen molar-refractivity contribution in [3.05, 3.63) is 99.6 Å². The van der Waals surface area contributed by atoms with Gasteiger partial charge in [0.15, 0.2) is 12.4 Å². The van der Waals surface area contributed by atoms with E-state index in [1.165, 1.54) is 12.1 Å². The first-order chi connectivity index (χ1) is 14.9. The van der Waals surface area contributed by atoms with E-state index in [2.05, 4.69) is 5.32 Å². The maximum absolute atomic E-state index is 12.7. The highest BCUT2D eigenvalue weighted by Gasteiger charge is 2.19. The van der Waals surface area contributed by atoms with E-state index in [4.69, 9.17) is 10.5 Å². The smallest absolute Gasteiger partial charge is 0.338 e. The number of carbonyl (C=O) groups is 3. The Labute approximate surface area is 176 Å². The van der Waals surface area contributed by atoms with Gasteiger partial charge >= 0.3 is 5.97 Å². The van der Waals surface area contributed by atoms with Crippen molar-refractivity contribution in [1.29, 1.82) is 0 Å². The van der Waals surface area contributed by atoms with Crippen LogP contribution in [0, 0.1) is 10.1 Å². The summed E-state index contributed by atoms with van der Waals surface area (Å²) in [7, 11) is 0. The number of benzene rings is 3. The lowest BCUT2D eigenvalue weighted by Crippen LogP contribution is -2.22. The molecule has 0 aliphatic carbocycles. The van der Waals surface area contributed by atoms with Gasteiger partial charge in [0.1, 0.15) is 5.69 Å². The summed E-state index contributed by atoms with van der Waals surface area (Å²) in [5.74, 6) is -1.87. The molecule has 3 aromatic carbocycles. The summed E-state index contributed by atoms with van der Waals surface area (Å²) in [4.78, 5) is 47.3. The van der Waals surface area contributed by atoms with Gasteiger partial charge in [0.2, 0.25) is 0 Å². The van der Waals surface area contributed by atoms with Gasteiger partial charge in [-0.15, -0.1) is 0 Å². The number of ketones is 1. The number of carbonyl (C=O) groups excluding carboxylic acids is 3. The quantitative estimate of drug-likeness (QED) is 0.197. The standard InChI is InChI=1S/C22H17N3O6/c23-17-11-10-15(12-19(17)25(29)30)22(28)31-13-20(26)24-18-9-5-4-8-16(18)21(27)14-6-2-1-3-7-14/h1-12H,13,23H2,(H,24,26). The fraction of sp³-hybridized carbons (Fsp3) is 0.0455. The van der Waals surface area contributed by atoms with E-state index in [0.717, 1.165) is 6.07 Å². The SMILES string of the molecule is Nc1ccc(C(=O)OCC(=O)Nc2ccccc2C(=O)c2ccccc2)cc1[N+](=O)[O-]. The third kappa shape index (κ3) is 5.10. The van der Waals surface area contributed by atoms with E-state index in [9.17, 15) is 24.5 Å². The van der Waals surface area contributed by atoms with Crippen LogP contribution >= 0.6 is 0 Å². The summed E-state index contributed by atoms with van der Waals surface area (Å²) >= 11 is 0. The van der Waals surface area contributed by atoms with Crippen molar-refractivity contribution >= 4 is 34.7 Å². The molecular formula is C22H17N3O6. The second-order valence-corrected chi connectivity index (χ2v) is 6.40. The topological polar surface area (TPSA) is 142 Å². The van der Waals surface area contributed by atoms with Crippen LogP contribution in [0.3, 0.4) is 0 Å². The molecule has 9 nitrogen and oxygen atoms in total. The molecule has 156 valence electrons. The Morgan fingerprint density at radius 1 is 0.935 bits per heavy atom. The number of hydrogen-bond acceptors (Lipinski definition) is 7. The number of amides is 1. The van der Waals surface area contributed by atoms with Gasteiger partial charge in [-0.25, -0.2) is 4.79 Å². The van der Waals surface area contributed by atoms with Gasteiger partial charge in [-0.2, -0.15) is 0 Å². The Balaban J connectivity index is 1.67. The molecule has 0 fully saturated rings. The summed E-state index contributed by atoms with van der Waals surface area (Å²) in [5.41, 5.74) is 5.84. The molecule has 9 heteroatoms. The highest BCUT2D eigenvalue weighted by molar-refractivity contribution is 6.14. The Hall–Kier alpha value is -4.53. The van der Waals surface area contributed by atoms with Crippen LogP contribution in [0.4, 0.5) is 17.1 Å². The van der Waals surface area contributed by atoms with Crippen molar-refractivity contribution < 1.29 is 24.0 Å². The molecular weight excluding hydrogens is 402 g/mol. The van der Waals surface area contributed by atoms with E-state index in [-0.39, 0.29) is 28.3 Å². The molecule has 0 aliphatic heterocycles. The minimum absolute atomic E-state index is 0.0982. The van der Waals surface area contributed by atoms with Crippen molar-refractivity contribution in [2.24, 2.45) is 0 Å². The van der Waals surface area contributed by atoms with Gasteiger partial charge < -0.3 is 15.8 Å². The number of anilines is 2. The summed E-state index contributed by atoms with van der Waals surface area (Å²) in [6, 6.07) is 18.5. The van der Waals surface area contributed by atoms with Crippen LogP contribution in [0.5, 0.6) is 0 Å². The van der Waals surface area contributed by atoms with Crippen LogP contribution in [-0.4, -0.2) is 29.2 Å². The number of nitro benzene ring substituents is 1. The number of hydrogen-bond donors (Lipinski definition) is 2. The lowest BCUT2D eigenvalue weighted by molar-refractivity contribution is -0.383. The first-order valence-electron chi connectivity index (χ1n) is 9.06. The first-order valence-corrected chi connectivity index (χ1v) is 9.06. The Morgan fingerprint density at radius 2 is 1.61 bits per heavy atom. The summed E-state index contributed by atoms with van der Waals surface area (Å²) < 4.78 is 4.92. The fourth-order valence-corrected chi connectivity index (χ4v) is 2.76. The van der Waals surface area contributed by atoms with Crippen molar-refractivity contribution in [1.82, 2.24) is 0 Å². The third-order valence-electron chi connectivity index (χ3n) is 4.28. The molecule has 0 saturated heterocycles. The number of para-hydroxylation sites is 1. The molecule has 0 radical (unpaired) electrons. The van der Waals surface area contributed by atoms with E-state index < -0.39 is 29.1 Å². The molecule has 0 saturated carbocycles. The number of esters is 1. The van der Waals surface area contributed by atoms with Crippen molar-refractivity contribution in [3.63, 3.8) is 0 Å². The number of nitrogens with two attached hydrogens (primary N) is 1. The molecule has 3 aromatic rings. The highest BCUT2D eigenvalue weighted by atomic mass is 16.6. The molecule has 0 aromatic heterocycles. The average Bonchev–Trinajstić information content (AvgIpc) is 2.78. The zero-order valence-electron chi connectivity index (χ0n) is 16.1. The lowest BCUT2D eigenvalue weighted by atomic mass is 10.0. The monoisotopic (exact) mass is 419 g/mol. The van der Waals surface area contributed by atoms with Gasteiger partial charge in [-0.05, 0) is 24.3 Å². The molecule has 0 bridgehead atoms. The molecule has 0 spiro atoms. The Bertz CT molecular complexity index is 1160. The average molecular weight is 419 g/mol. The van der Waals surface area contributed by atoms with E-state index in [0.29, 0.717) is 5.56 Å². The van der Waals surface area contributed by atoms with Gasteiger partial charge in [0.05, 0.1) is 16.2 Å². The molecule has 0 heterocycles. The fourth-order valence-electron chi connectivity index (χ4n) is 2.76. The van der Waals surface area contributed by atoms with Gasteiger partial charge in [0.25, 0.3) is 11.6 Å². The molecule has 0 aliphatic rings. The minimum atomic E-state index is -0.924. The number of nitrogens with zero attached hydrogens (tertiary/aromatic N) is 1. The number of ether oxygens (including phenoxy) is 1. The maximum atomic E-state index is 12.7. The van der Waals surface area contributed by atoms with Gasteiger partial charge in [-0.1, -0.05) is 42.5 Å². The van der Waals surface area contributed by atoms with E-state index in [1.807, 2.05) is 0 Å². The van der Waals surface area contributed by atoms with Crippen LogP contribution in [0.2, 0.25) is 0 Å². The molecule has 3 rings (SSSR count). The number of nitrogen functional groups attached to an aromatic ring is 1. The highest BCUT2D eigenvalue weighted by Crippen LogP contribution is 2.23. The molecule has 31 heavy (non-hydrogen) atoms. The second-order valence-electron chi connectivity index (χ2n) is 6.40. The summed E-state index contributed by atoms with van der Waals surface area (Å²) in [5, 5.41) is 13.5. The second kappa shape index (κ2) is 9.31. The minimum Gasteiger partial charge on any atom is -0.452 e. The van der Waals surface area contributed by atoms with Crippen molar-refractivity contribution in [2.45, 2.75) is 0 Å². The van der Waals surface area contributed by atoms with E-state index >= 15 is 0 Å². The largest absolute Gasteiger partial charge is 0.452 e. The third-order valence-corrected chi connectivity index (χ3v) is 4.28. The Kier molecular flexibility index (Phi) is 6.36. The normalized spacial score (nSPS) is 10.2. The maximum Gasteiger partial charge on any atom is 0.338 e. The predicted octanol–water partition coefficient (Wildman–Crippen LogP) is 3.20. The van der Waals surface area contributed by atoms with Crippen LogP contribution in [0.25, 0.3) is 0 Å². The van der Waals surface area contributed by atoms with Crippen LogP contribution in [0.1, 0.15) is 26.3 Å². The first kappa shape index (κ1) is 21.2. The van der Waals surface area contributed by atoms with Crippen molar-refractivity contribution in [3.8, 4) is 0 Å². The van der Waals surface area contributed by atoms with Crippen LogP contribution in [0.15, 0.2) is 72.8 Å². The molecule has 3 N–H and O–H groups in total. The summed E-state index contributed by atoms with van der Waals surface area (Å²) in [6.45, 7) is -0.648. The van der Waals surface area contributed by atoms with Crippen molar-refractivity contribution in [2.75, 3.05) is 17.7 Å². The molecule has 0 atom stereocenters. The Morgan fingerprint density at radius 3 is 2.32 bits per heavy atom. The van der Waals surface area contributed by atoms with Crippen LogP contribution in [-0.2, 0) is 9.53 Å². The van der Waals surface area contributed by atoms with E-state index in [1.54, 1.807) is 54.6 Å². The number of rotatable bonds is 7. The summed E-state index contributed by atoms with van der Waals surface area (Å²) in [6.07, 6.45) is 0. The van der Waals surface area contributed by atoms with Gasteiger partial charge in [0, 0.05) is 17.2 Å².